The van der Waals surface area contributed by atoms with Crippen molar-refractivity contribution in [2.75, 3.05) is 33.4 Å². The molecule has 0 saturated carbocycles. The summed E-state index contributed by atoms with van der Waals surface area (Å²) in [6.07, 6.45) is 7.04. The lowest BCUT2D eigenvalue weighted by atomic mass is 9.74. The van der Waals surface area contributed by atoms with E-state index in [1.54, 1.807) is 13.1 Å². The minimum absolute atomic E-state index is 0.117. The Morgan fingerprint density at radius 1 is 1.35 bits per heavy atom. The van der Waals surface area contributed by atoms with Gasteiger partial charge in [0, 0.05) is 42.3 Å². The lowest BCUT2D eigenvalue weighted by molar-refractivity contribution is 0.0514. The molecule has 1 saturated heterocycles. The highest BCUT2D eigenvalue weighted by Crippen LogP contribution is 2.39. The molecule has 0 bridgehead atoms. The second-order valence-electron chi connectivity index (χ2n) is 5.50. The van der Waals surface area contributed by atoms with E-state index in [0.29, 0.717) is 42.3 Å². The minimum atomic E-state index is -0.117. The normalized spacial score (nSPS) is 17.4. The van der Waals surface area contributed by atoms with Crippen LogP contribution in [0.4, 0.5) is 0 Å². The first kappa shape index (κ1) is 17.9. The fourth-order valence-electron chi connectivity index (χ4n) is 2.83. The zero-order valence-electron chi connectivity index (χ0n) is 13.2. The third-order valence-corrected chi connectivity index (χ3v) is 4.68. The van der Waals surface area contributed by atoms with E-state index in [9.17, 15) is 0 Å². The van der Waals surface area contributed by atoms with E-state index in [1.165, 1.54) is 0 Å². The monoisotopic (exact) mass is 353 g/mol. The predicted molar refractivity (Wildman–Crippen MR) is 96.4 cm³/mol. The molecule has 124 valence electrons. The third-order valence-electron chi connectivity index (χ3n) is 4.13. The Morgan fingerprint density at radius 2 is 2.09 bits per heavy atom. The van der Waals surface area contributed by atoms with Gasteiger partial charge < -0.3 is 15.4 Å². The van der Waals surface area contributed by atoms with Crippen LogP contribution >= 0.6 is 23.2 Å². The van der Waals surface area contributed by atoms with Crippen LogP contribution in [-0.2, 0) is 10.2 Å². The molecule has 0 radical (unpaired) electrons. The van der Waals surface area contributed by atoms with Crippen LogP contribution in [0, 0.1) is 12.3 Å². The molecule has 6 heteroatoms. The quantitative estimate of drug-likeness (QED) is 0.497. The maximum absolute atomic E-state index is 6.46. The van der Waals surface area contributed by atoms with Crippen LogP contribution in [0.1, 0.15) is 18.4 Å². The summed E-state index contributed by atoms with van der Waals surface area (Å²) in [5.74, 6) is 3.22. The Morgan fingerprint density at radius 3 is 2.70 bits per heavy atom. The van der Waals surface area contributed by atoms with E-state index in [2.05, 4.69) is 21.5 Å². The van der Waals surface area contributed by atoms with Gasteiger partial charge in [-0.25, -0.2) is 0 Å². The van der Waals surface area contributed by atoms with Gasteiger partial charge >= 0.3 is 0 Å². The Kier molecular flexibility index (Phi) is 6.59. The number of ether oxygens (including phenoxy) is 1. The summed E-state index contributed by atoms with van der Waals surface area (Å²) in [4.78, 5) is 4.18. The summed E-state index contributed by atoms with van der Waals surface area (Å²) >= 11 is 12.5. The molecule has 1 aliphatic rings. The molecule has 1 aromatic carbocycles. The first-order valence-corrected chi connectivity index (χ1v) is 8.28. The number of guanidine groups is 1. The van der Waals surface area contributed by atoms with Gasteiger partial charge in [-0.15, -0.1) is 6.42 Å². The molecule has 0 unspecified atom stereocenters. The number of hydrogen-bond donors (Lipinski definition) is 2. The molecule has 0 amide bonds. The van der Waals surface area contributed by atoms with Gasteiger partial charge in [0.2, 0.25) is 0 Å². The highest BCUT2D eigenvalue weighted by atomic mass is 35.5. The SMILES string of the molecule is C#CCNC(=NC)NCC1(c2ccc(Cl)cc2Cl)CCOCC1. The van der Waals surface area contributed by atoms with E-state index in [4.69, 9.17) is 34.4 Å². The van der Waals surface area contributed by atoms with Crippen LogP contribution in [0.3, 0.4) is 0 Å². The van der Waals surface area contributed by atoms with Crippen molar-refractivity contribution >= 4 is 29.2 Å². The number of aliphatic imine (C=N–C) groups is 1. The number of nitrogens with zero attached hydrogens (tertiary/aromatic N) is 1. The van der Waals surface area contributed by atoms with E-state index in [1.807, 2.05) is 12.1 Å². The van der Waals surface area contributed by atoms with Gasteiger partial charge in [-0.3, -0.25) is 4.99 Å². The number of rotatable bonds is 4. The first-order chi connectivity index (χ1) is 11.1. The lowest BCUT2D eigenvalue weighted by Gasteiger charge is -2.38. The zero-order valence-corrected chi connectivity index (χ0v) is 14.7. The summed E-state index contributed by atoms with van der Waals surface area (Å²) in [5, 5.41) is 7.75. The molecule has 0 aliphatic carbocycles. The molecule has 0 atom stereocenters. The smallest absolute Gasteiger partial charge is 0.191 e. The molecule has 2 N–H and O–H groups in total. The maximum Gasteiger partial charge on any atom is 0.191 e. The van der Waals surface area contributed by atoms with Crippen LogP contribution in [0.5, 0.6) is 0 Å². The van der Waals surface area contributed by atoms with Crippen molar-refractivity contribution in [1.29, 1.82) is 0 Å². The van der Waals surface area contributed by atoms with Crippen molar-refractivity contribution < 1.29 is 4.74 Å². The summed E-state index contributed by atoms with van der Waals surface area (Å²) < 4.78 is 5.54. The average Bonchev–Trinajstić information content (AvgIpc) is 2.56. The second-order valence-corrected chi connectivity index (χ2v) is 6.34. The molecule has 2 rings (SSSR count). The Hall–Kier alpha value is -1.41. The van der Waals surface area contributed by atoms with Crippen LogP contribution in [-0.4, -0.2) is 39.3 Å². The van der Waals surface area contributed by atoms with Gasteiger partial charge in [0.05, 0.1) is 6.54 Å². The number of halogens is 2. The van der Waals surface area contributed by atoms with Crippen molar-refractivity contribution in [2.24, 2.45) is 4.99 Å². The standard InChI is InChI=1S/C17H21Cl2N3O/c1-3-8-21-16(20-2)22-12-17(6-9-23-10-7-17)14-5-4-13(18)11-15(14)19/h1,4-5,11H,6-10,12H2,2H3,(H2,20,21,22). The molecule has 4 nitrogen and oxygen atoms in total. The summed E-state index contributed by atoms with van der Waals surface area (Å²) in [6.45, 7) is 2.54. The fourth-order valence-corrected chi connectivity index (χ4v) is 3.44. The van der Waals surface area contributed by atoms with E-state index >= 15 is 0 Å². The molecular formula is C17H21Cl2N3O. The van der Waals surface area contributed by atoms with Crippen molar-refractivity contribution in [3.8, 4) is 12.3 Å². The third kappa shape index (κ3) is 4.54. The Bertz CT molecular complexity index is 604. The first-order valence-electron chi connectivity index (χ1n) is 7.52. The zero-order chi connectivity index (χ0) is 16.7. The number of hydrogen-bond acceptors (Lipinski definition) is 2. The Labute approximate surface area is 147 Å². The molecule has 1 heterocycles. The molecule has 0 aromatic heterocycles. The topological polar surface area (TPSA) is 45.7 Å². The Balaban J connectivity index is 2.21. The average molecular weight is 354 g/mol. The molecule has 23 heavy (non-hydrogen) atoms. The molecule has 1 aromatic rings. The highest BCUT2D eigenvalue weighted by Gasteiger charge is 2.36. The van der Waals surface area contributed by atoms with Crippen LogP contribution in [0.2, 0.25) is 10.0 Å². The van der Waals surface area contributed by atoms with Gasteiger partial charge in [0.15, 0.2) is 5.96 Å². The molecule has 0 spiro atoms. The summed E-state index contributed by atoms with van der Waals surface area (Å²) in [7, 11) is 1.72. The molecule has 1 fully saturated rings. The van der Waals surface area contributed by atoms with Gasteiger partial charge in [-0.1, -0.05) is 35.2 Å². The molecule has 1 aliphatic heterocycles. The van der Waals surface area contributed by atoms with Crippen molar-refractivity contribution in [3.63, 3.8) is 0 Å². The number of terminal acetylenes is 1. The largest absolute Gasteiger partial charge is 0.381 e. The number of benzene rings is 1. The van der Waals surface area contributed by atoms with Crippen molar-refractivity contribution in [1.82, 2.24) is 10.6 Å². The van der Waals surface area contributed by atoms with Gasteiger partial charge in [-0.05, 0) is 30.5 Å². The van der Waals surface area contributed by atoms with Gasteiger partial charge in [-0.2, -0.15) is 0 Å². The van der Waals surface area contributed by atoms with Crippen molar-refractivity contribution in [2.45, 2.75) is 18.3 Å². The van der Waals surface area contributed by atoms with Crippen LogP contribution < -0.4 is 10.6 Å². The van der Waals surface area contributed by atoms with Gasteiger partial charge in [0.1, 0.15) is 0 Å². The van der Waals surface area contributed by atoms with E-state index in [-0.39, 0.29) is 5.41 Å². The minimum Gasteiger partial charge on any atom is -0.381 e. The predicted octanol–water partition coefficient (Wildman–Crippen LogP) is 2.84. The second kappa shape index (κ2) is 8.44. The van der Waals surface area contributed by atoms with Crippen LogP contribution in [0.25, 0.3) is 0 Å². The lowest BCUT2D eigenvalue weighted by Crippen LogP contribution is -2.48. The summed E-state index contributed by atoms with van der Waals surface area (Å²) in [5.41, 5.74) is 0.972. The highest BCUT2D eigenvalue weighted by molar-refractivity contribution is 6.35. The maximum atomic E-state index is 6.46. The molecular weight excluding hydrogens is 333 g/mol. The van der Waals surface area contributed by atoms with E-state index < -0.39 is 0 Å². The van der Waals surface area contributed by atoms with Gasteiger partial charge in [0.25, 0.3) is 0 Å². The van der Waals surface area contributed by atoms with Crippen LogP contribution in [0.15, 0.2) is 23.2 Å². The van der Waals surface area contributed by atoms with E-state index in [0.717, 1.165) is 18.4 Å². The van der Waals surface area contributed by atoms with Crippen molar-refractivity contribution in [3.05, 3.63) is 33.8 Å². The summed E-state index contributed by atoms with van der Waals surface area (Å²) in [6, 6.07) is 5.68. The number of nitrogens with one attached hydrogen (secondary N) is 2. The fraction of sp³-hybridized carbons (Fsp3) is 0.471.